The first-order valence-corrected chi connectivity index (χ1v) is 9.47. The van der Waals surface area contributed by atoms with Gasteiger partial charge in [-0.15, -0.1) is 0 Å². The van der Waals surface area contributed by atoms with Gasteiger partial charge < -0.3 is 14.2 Å². The van der Waals surface area contributed by atoms with Gasteiger partial charge in [-0.1, -0.05) is 30.3 Å². The van der Waals surface area contributed by atoms with Gasteiger partial charge in [0.2, 0.25) is 0 Å². The molecule has 0 radical (unpaired) electrons. The number of hydrazone groups is 1. The number of carbonyl (C=O) groups excluding carboxylic acids is 1. The molecule has 0 saturated heterocycles. The number of benzene rings is 3. The topological polar surface area (TPSA) is 92.9 Å². The van der Waals surface area contributed by atoms with Gasteiger partial charge in [-0.3, -0.25) is 4.79 Å². The van der Waals surface area contributed by atoms with E-state index in [-0.39, 0.29) is 6.61 Å². The van der Waals surface area contributed by atoms with Crippen molar-refractivity contribution in [3.05, 3.63) is 89.5 Å². The van der Waals surface area contributed by atoms with Gasteiger partial charge in [0.15, 0.2) is 18.1 Å². The summed E-state index contributed by atoms with van der Waals surface area (Å²) in [5, 5.41) is 12.7. The smallest absolute Gasteiger partial charge is 0.277 e. The maximum absolute atomic E-state index is 11.9. The molecule has 0 aliphatic heterocycles. The van der Waals surface area contributed by atoms with Crippen molar-refractivity contribution in [2.24, 2.45) is 5.10 Å². The number of ether oxygens (including phenoxy) is 3. The highest BCUT2D eigenvalue weighted by Crippen LogP contribution is 2.28. The van der Waals surface area contributed by atoms with Crippen LogP contribution in [0.4, 0.5) is 0 Å². The van der Waals surface area contributed by atoms with Crippen LogP contribution in [-0.4, -0.2) is 25.8 Å². The molecule has 156 valence electrons. The summed E-state index contributed by atoms with van der Waals surface area (Å²) in [6.45, 7) is 0.207. The van der Waals surface area contributed by atoms with Gasteiger partial charge in [0.1, 0.15) is 12.4 Å². The van der Waals surface area contributed by atoms with Gasteiger partial charge in [0.05, 0.1) is 25.0 Å². The molecule has 3 rings (SSSR count). The summed E-state index contributed by atoms with van der Waals surface area (Å²) in [6, 6.07) is 23.7. The third-order valence-corrected chi connectivity index (χ3v) is 4.18. The van der Waals surface area contributed by atoms with Crippen molar-refractivity contribution in [1.82, 2.24) is 5.43 Å². The highest BCUT2D eigenvalue weighted by molar-refractivity contribution is 5.83. The lowest BCUT2D eigenvalue weighted by atomic mass is 10.2. The van der Waals surface area contributed by atoms with Crippen molar-refractivity contribution >= 4 is 12.1 Å². The van der Waals surface area contributed by atoms with Crippen LogP contribution in [0.5, 0.6) is 17.2 Å². The van der Waals surface area contributed by atoms with Crippen LogP contribution in [0.25, 0.3) is 0 Å². The van der Waals surface area contributed by atoms with Crippen LogP contribution in [0.2, 0.25) is 0 Å². The first-order chi connectivity index (χ1) is 15.2. The largest absolute Gasteiger partial charge is 0.493 e. The molecule has 0 spiro atoms. The fraction of sp³-hybridized carbons (Fsp3) is 0.125. The molecule has 3 aromatic carbocycles. The molecule has 0 heterocycles. The summed E-state index contributed by atoms with van der Waals surface area (Å²) in [4.78, 5) is 11.9. The van der Waals surface area contributed by atoms with Gasteiger partial charge in [-0.25, -0.2) is 5.43 Å². The monoisotopic (exact) mass is 415 g/mol. The highest BCUT2D eigenvalue weighted by Gasteiger charge is 2.06. The molecular formula is C24H21N3O4. The fourth-order valence-electron chi connectivity index (χ4n) is 2.61. The lowest BCUT2D eigenvalue weighted by molar-refractivity contribution is -0.123. The zero-order chi connectivity index (χ0) is 21.9. The highest BCUT2D eigenvalue weighted by atomic mass is 16.5. The molecule has 0 aromatic heterocycles. The van der Waals surface area contributed by atoms with Crippen LogP contribution >= 0.6 is 0 Å². The molecule has 7 heteroatoms. The first-order valence-electron chi connectivity index (χ1n) is 9.47. The third kappa shape index (κ3) is 6.61. The van der Waals surface area contributed by atoms with Gasteiger partial charge in [-0.05, 0) is 53.6 Å². The van der Waals surface area contributed by atoms with Crippen molar-refractivity contribution < 1.29 is 19.0 Å². The number of carbonyl (C=O) groups is 1. The zero-order valence-electron chi connectivity index (χ0n) is 16.9. The predicted molar refractivity (Wildman–Crippen MR) is 116 cm³/mol. The molecule has 0 bridgehead atoms. The summed E-state index contributed by atoms with van der Waals surface area (Å²) in [5.74, 6) is 1.27. The standard InChI is InChI=1S/C24H21N3O4/c1-29-22-12-9-20(13-23(22)31-16-19-5-3-2-4-6-19)15-26-27-24(28)17-30-21-10-7-18(14-25)8-11-21/h2-13,15H,16-17H2,1H3,(H,27,28)/b26-15-. The first kappa shape index (κ1) is 21.4. The van der Waals surface area contributed by atoms with E-state index in [1.54, 1.807) is 49.6 Å². The lowest BCUT2D eigenvalue weighted by Gasteiger charge is -2.11. The maximum atomic E-state index is 11.9. The molecule has 3 aromatic rings. The number of nitrogens with one attached hydrogen (secondary N) is 1. The Balaban J connectivity index is 1.53. The van der Waals surface area contributed by atoms with Crippen LogP contribution in [0, 0.1) is 11.3 Å². The Kier molecular flexibility index (Phi) is 7.61. The maximum Gasteiger partial charge on any atom is 0.277 e. The molecule has 0 atom stereocenters. The van der Waals surface area contributed by atoms with E-state index >= 15 is 0 Å². The van der Waals surface area contributed by atoms with E-state index < -0.39 is 5.91 Å². The number of nitrogens with zero attached hydrogens (tertiary/aromatic N) is 2. The fourth-order valence-corrected chi connectivity index (χ4v) is 2.61. The van der Waals surface area contributed by atoms with Crippen LogP contribution in [0.1, 0.15) is 16.7 Å². The van der Waals surface area contributed by atoms with Crippen molar-refractivity contribution in [1.29, 1.82) is 5.26 Å². The minimum absolute atomic E-state index is 0.197. The van der Waals surface area contributed by atoms with E-state index in [2.05, 4.69) is 10.5 Å². The zero-order valence-corrected chi connectivity index (χ0v) is 16.9. The van der Waals surface area contributed by atoms with Gasteiger partial charge >= 0.3 is 0 Å². The Morgan fingerprint density at radius 2 is 1.81 bits per heavy atom. The average Bonchev–Trinajstić information content (AvgIpc) is 2.82. The summed E-state index contributed by atoms with van der Waals surface area (Å²) in [7, 11) is 1.58. The molecule has 1 N–H and O–H groups in total. The second-order valence-electron chi connectivity index (χ2n) is 6.40. The van der Waals surface area contributed by atoms with Crippen LogP contribution in [0.3, 0.4) is 0 Å². The number of methoxy groups -OCH3 is 1. The van der Waals surface area contributed by atoms with E-state index in [4.69, 9.17) is 19.5 Å². The minimum atomic E-state index is -0.408. The molecule has 1 amide bonds. The van der Waals surface area contributed by atoms with Gasteiger partial charge in [0.25, 0.3) is 5.91 Å². The van der Waals surface area contributed by atoms with Crippen molar-refractivity contribution in [3.8, 4) is 23.3 Å². The second kappa shape index (κ2) is 11.0. The molecular weight excluding hydrogens is 394 g/mol. The quantitative estimate of drug-likeness (QED) is 0.425. The molecule has 7 nitrogen and oxygen atoms in total. The summed E-state index contributed by atoms with van der Waals surface area (Å²) >= 11 is 0. The summed E-state index contributed by atoms with van der Waals surface area (Å²) in [5.41, 5.74) is 4.71. The molecule has 0 unspecified atom stereocenters. The van der Waals surface area contributed by atoms with Crippen LogP contribution in [-0.2, 0) is 11.4 Å². The Morgan fingerprint density at radius 1 is 1.03 bits per heavy atom. The minimum Gasteiger partial charge on any atom is -0.493 e. The number of rotatable bonds is 9. The van der Waals surface area contributed by atoms with E-state index in [9.17, 15) is 4.79 Å². The van der Waals surface area contributed by atoms with E-state index in [1.807, 2.05) is 36.4 Å². The van der Waals surface area contributed by atoms with Crippen LogP contribution < -0.4 is 19.6 Å². The Morgan fingerprint density at radius 3 is 2.52 bits per heavy atom. The number of amides is 1. The van der Waals surface area contributed by atoms with Gasteiger partial charge in [-0.2, -0.15) is 10.4 Å². The van der Waals surface area contributed by atoms with Crippen molar-refractivity contribution in [2.75, 3.05) is 13.7 Å². The van der Waals surface area contributed by atoms with Crippen LogP contribution in [0.15, 0.2) is 77.9 Å². The van der Waals surface area contributed by atoms with Crippen molar-refractivity contribution in [2.45, 2.75) is 6.61 Å². The Hall–Kier alpha value is -4.31. The molecule has 31 heavy (non-hydrogen) atoms. The second-order valence-corrected chi connectivity index (χ2v) is 6.40. The van der Waals surface area contributed by atoms with Crippen molar-refractivity contribution in [3.63, 3.8) is 0 Å². The SMILES string of the molecule is COc1ccc(/C=N\NC(=O)COc2ccc(C#N)cc2)cc1OCc1ccccc1. The lowest BCUT2D eigenvalue weighted by Crippen LogP contribution is -2.24. The molecule has 0 saturated carbocycles. The molecule has 0 fully saturated rings. The Bertz CT molecular complexity index is 1070. The predicted octanol–water partition coefficient (Wildman–Crippen LogP) is 3.67. The number of hydrogen-bond acceptors (Lipinski definition) is 6. The van der Waals surface area contributed by atoms with E-state index in [0.29, 0.717) is 29.4 Å². The van der Waals surface area contributed by atoms with E-state index in [0.717, 1.165) is 11.1 Å². The number of nitriles is 1. The van der Waals surface area contributed by atoms with Gasteiger partial charge in [0, 0.05) is 0 Å². The molecule has 0 aliphatic rings. The molecule has 0 aliphatic carbocycles. The van der Waals surface area contributed by atoms with E-state index in [1.165, 1.54) is 6.21 Å². The summed E-state index contributed by atoms with van der Waals surface area (Å²) in [6.07, 6.45) is 1.51. The number of hydrogen-bond donors (Lipinski definition) is 1. The normalized spacial score (nSPS) is 10.3. The third-order valence-electron chi connectivity index (χ3n) is 4.18. The summed E-state index contributed by atoms with van der Waals surface area (Å²) < 4.78 is 16.6. The Labute approximate surface area is 180 Å². The average molecular weight is 415 g/mol.